The average molecular weight is 426 g/mol. The SMILES string of the molecule is Nc1ccc(-c2cnc(NC(=O)Cc3ccc(F)cc3)c(CCc3ccccc3)n2)cc1. The van der Waals surface area contributed by atoms with E-state index in [4.69, 9.17) is 10.7 Å². The highest BCUT2D eigenvalue weighted by Crippen LogP contribution is 2.22. The molecular formula is C26H23FN4O. The van der Waals surface area contributed by atoms with Crippen molar-refractivity contribution in [1.82, 2.24) is 9.97 Å². The minimum atomic E-state index is -0.332. The molecule has 0 unspecified atom stereocenters. The third-order valence-electron chi connectivity index (χ3n) is 5.08. The average Bonchev–Trinajstić information content (AvgIpc) is 2.81. The van der Waals surface area contributed by atoms with Crippen LogP contribution in [0.2, 0.25) is 0 Å². The van der Waals surface area contributed by atoms with Gasteiger partial charge < -0.3 is 11.1 Å². The van der Waals surface area contributed by atoms with Gasteiger partial charge in [0.15, 0.2) is 5.82 Å². The van der Waals surface area contributed by atoms with E-state index < -0.39 is 0 Å². The molecule has 4 rings (SSSR count). The van der Waals surface area contributed by atoms with Gasteiger partial charge in [0.05, 0.1) is 24.0 Å². The van der Waals surface area contributed by atoms with Gasteiger partial charge in [-0.05, 0) is 48.2 Å². The molecule has 3 aromatic carbocycles. The van der Waals surface area contributed by atoms with Gasteiger partial charge in [-0.2, -0.15) is 0 Å². The van der Waals surface area contributed by atoms with Gasteiger partial charge in [-0.3, -0.25) is 4.79 Å². The molecule has 32 heavy (non-hydrogen) atoms. The number of amides is 1. The zero-order valence-corrected chi connectivity index (χ0v) is 17.5. The van der Waals surface area contributed by atoms with Gasteiger partial charge in [-0.1, -0.05) is 54.6 Å². The number of rotatable bonds is 7. The van der Waals surface area contributed by atoms with Crippen molar-refractivity contribution in [2.24, 2.45) is 0 Å². The van der Waals surface area contributed by atoms with Crippen LogP contribution in [0.4, 0.5) is 15.9 Å². The first kappa shape index (κ1) is 21.2. The largest absolute Gasteiger partial charge is 0.399 e. The standard InChI is InChI=1S/C26H23FN4O/c27-21-11-6-19(7-12-21)16-25(32)31-26-23(15-8-18-4-2-1-3-5-18)30-24(17-29-26)20-9-13-22(28)14-10-20/h1-7,9-14,17H,8,15-16,28H2,(H,29,31,32). The highest BCUT2D eigenvalue weighted by Gasteiger charge is 2.13. The first-order valence-corrected chi connectivity index (χ1v) is 10.4. The Kier molecular flexibility index (Phi) is 6.51. The van der Waals surface area contributed by atoms with Crippen LogP contribution in [0.1, 0.15) is 16.8 Å². The van der Waals surface area contributed by atoms with E-state index >= 15 is 0 Å². The third kappa shape index (κ3) is 5.55. The van der Waals surface area contributed by atoms with Gasteiger partial charge in [0.25, 0.3) is 0 Å². The fourth-order valence-corrected chi connectivity index (χ4v) is 3.37. The Balaban J connectivity index is 1.56. The molecule has 0 spiro atoms. The molecule has 160 valence electrons. The first-order valence-electron chi connectivity index (χ1n) is 10.4. The molecule has 5 nitrogen and oxygen atoms in total. The van der Waals surface area contributed by atoms with Crippen molar-refractivity contribution in [3.05, 3.63) is 108 Å². The molecular weight excluding hydrogens is 403 g/mol. The van der Waals surface area contributed by atoms with E-state index in [1.165, 1.54) is 17.7 Å². The van der Waals surface area contributed by atoms with Crippen molar-refractivity contribution in [3.63, 3.8) is 0 Å². The topological polar surface area (TPSA) is 80.9 Å². The van der Waals surface area contributed by atoms with Crippen LogP contribution in [0.5, 0.6) is 0 Å². The van der Waals surface area contributed by atoms with Gasteiger partial charge in [0, 0.05) is 11.3 Å². The van der Waals surface area contributed by atoms with Gasteiger partial charge in [0.1, 0.15) is 5.82 Å². The zero-order valence-electron chi connectivity index (χ0n) is 17.5. The van der Waals surface area contributed by atoms with E-state index in [-0.39, 0.29) is 18.1 Å². The second kappa shape index (κ2) is 9.83. The molecule has 0 radical (unpaired) electrons. The molecule has 0 atom stereocenters. The number of hydrogen-bond acceptors (Lipinski definition) is 4. The maximum atomic E-state index is 13.1. The van der Waals surface area contributed by atoms with E-state index in [0.717, 1.165) is 17.5 Å². The molecule has 1 aromatic heterocycles. The fourth-order valence-electron chi connectivity index (χ4n) is 3.37. The quantitative estimate of drug-likeness (QED) is 0.415. The van der Waals surface area contributed by atoms with Crippen LogP contribution in [0, 0.1) is 5.82 Å². The van der Waals surface area contributed by atoms with Crippen LogP contribution >= 0.6 is 0 Å². The maximum absolute atomic E-state index is 13.1. The molecule has 0 aliphatic heterocycles. The molecule has 0 saturated heterocycles. The third-order valence-corrected chi connectivity index (χ3v) is 5.08. The number of aryl methyl sites for hydroxylation is 2. The minimum absolute atomic E-state index is 0.125. The Labute approximate surface area is 186 Å². The number of benzene rings is 3. The van der Waals surface area contributed by atoms with Gasteiger partial charge in [0.2, 0.25) is 5.91 Å². The number of anilines is 2. The van der Waals surface area contributed by atoms with E-state index in [9.17, 15) is 9.18 Å². The number of carbonyl (C=O) groups is 1. The van der Waals surface area contributed by atoms with Crippen molar-refractivity contribution < 1.29 is 9.18 Å². The van der Waals surface area contributed by atoms with Gasteiger partial charge in [-0.15, -0.1) is 0 Å². The summed E-state index contributed by atoms with van der Waals surface area (Å²) in [5, 5.41) is 2.87. The molecule has 4 aromatic rings. The second-order valence-corrected chi connectivity index (χ2v) is 7.51. The van der Waals surface area contributed by atoms with Crippen LogP contribution in [0.15, 0.2) is 85.1 Å². The molecule has 1 amide bonds. The Morgan fingerprint density at radius 3 is 2.31 bits per heavy atom. The summed E-state index contributed by atoms with van der Waals surface area (Å²) in [4.78, 5) is 21.9. The lowest BCUT2D eigenvalue weighted by Gasteiger charge is -2.12. The normalized spacial score (nSPS) is 10.7. The number of aromatic nitrogens is 2. The number of nitrogens with one attached hydrogen (secondary N) is 1. The fraction of sp³-hybridized carbons (Fsp3) is 0.115. The van der Waals surface area contributed by atoms with E-state index in [0.29, 0.717) is 29.3 Å². The lowest BCUT2D eigenvalue weighted by Crippen LogP contribution is -2.18. The van der Waals surface area contributed by atoms with Crippen LogP contribution in [-0.4, -0.2) is 15.9 Å². The number of carbonyl (C=O) groups excluding carboxylic acids is 1. The number of nitrogens with two attached hydrogens (primary N) is 1. The summed E-state index contributed by atoms with van der Waals surface area (Å²) in [5.41, 5.74) is 10.7. The van der Waals surface area contributed by atoms with Crippen molar-refractivity contribution in [1.29, 1.82) is 0 Å². The van der Waals surface area contributed by atoms with E-state index in [1.54, 1.807) is 18.3 Å². The number of hydrogen-bond donors (Lipinski definition) is 2. The minimum Gasteiger partial charge on any atom is -0.399 e. The molecule has 0 saturated carbocycles. The predicted molar refractivity (Wildman–Crippen MR) is 124 cm³/mol. The van der Waals surface area contributed by atoms with Crippen LogP contribution < -0.4 is 11.1 Å². The Hall–Kier alpha value is -4.06. The lowest BCUT2D eigenvalue weighted by molar-refractivity contribution is -0.115. The molecule has 6 heteroatoms. The van der Waals surface area contributed by atoms with Crippen molar-refractivity contribution in [2.75, 3.05) is 11.1 Å². The van der Waals surface area contributed by atoms with E-state index in [1.807, 2.05) is 42.5 Å². The monoisotopic (exact) mass is 426 g/mol. The van der Waals surface area contributed by atoms with E-state index in [2.05, 4.69) is 22.4 Å². The summed E-state index contributed by atoms with van der Waals surface area (Å²) in [5.74, 6) is -0.124. The highest BCUT2D eigenvalue weighted by atomic mass is 19.1. The summed E-state index contributed by atoms with van der Waals surface area (Å²) < 4.78 is 13.1. The summed E-state index contributed by atoms with van der Waals surface area (Å²) in [7, 11) is 0. The molecule has 0 aliphatic carbocycles. The smallest absolute Gasteiger partial charge is 0.229 e. The number of nitrogens with zero attached hydrogens (tertiary/aromatic N) is 2. The van der Waals surface area contributed by atoms with Gasteiger partial charge >= 0.3 is 0 Å². The number of halogens is 1. The molecule has 0 fully saturated rings. The molecule has 0 bridgehead atoms. The second-order valence-electron chi connectivity index (χ2n) is 7.51. The van der Waals surface area contributed by atoms with Gasteiger partial charge in [-0.25, -0.2) is 14.4 Å². The molecule has 1 heterocycles. The Morgan fingerprint density at radius 1 is 0.875 bits per heavy atom. The number of nitrogen functional groups attached to an aromatic ring is 1. The van der Waals surface area contributed by atoms with Crippen LogP contribution in [-0.2, 0) is 24.1 Å². The van der Waals surface area contributed by atoms with Crippen LogP contribution in [0.3, 0.4) is 0 Å². The summed E-state index contributed by atoms with van der Waals surface area (Å²) in [6, 6.07) is 23.4. The summed E-state index contributed by atoms with van der Waals surface area (Å²) in [6.07, 6.45) is 3.15. The molecule has 0 aliphatic rings. The van der Waals surface area contributed by atoms with Crippen molar-refractivity contribution in [3.8, 4) is 11.3 Å². The first-order chi connectivity index (χ1) is 15.6. The molecule has 3 N–H and O–H groups in total. The lowest BCUT2D eigenvalue weighted by atomic mass is 10.1. The predicted octanol–water partition coefficient (Wildman–Crippen LogP) is 4.83. The summed E-state index contributed by atoms with van der Waals surface area (Å²) >= 11 is 0. The summed E-state index contributed by atoms with van der Waals surface area (Å²) in [6.45, 7) is 0. The maximum Gasteiger partial charge on any atom is 0.229 e. The van der Waals surface area contributed by atoms with Crippen molar-refractivity contribution in [2.45, 2.75) is 19.3 Å². The highest BCUT2D eigenvalue weighted by molar-refractivity contribution is 5.92. The zero-order chi connectivity index (χ0) is 22.3. The Bertz CT molecular complexity index is 1190. The van der Waals surface area contributed by atoms with Crippen LogP contribution in [0.25, 0.3) is 11.3 Å². The Morgan fingerprint density at radius 2 is 1.59 bits per heavy atom. The van der Waals surface area contributed by atoms with Crippen molar-refractivity contribution >= 4 is 17.4 Å².